The third kappa shape index (κ3) is 2.88. The van der Waals surface area contributed by atoms with E-state index in [1.54, 1.807) is 24.3 Å². The molecule has 4 heteroatoms. The van der Waals surface area contributed by atoms with E-state index in [4.69, 9.17) is 10.5 Å². The Morgan fingerprint density at radius 1 is 1.00 bits per heavy atom. The van der Waals surface area contributed by atoms with Gasteiger partial charge in [0.25, 0.3) is 0 Å². The molecular formula is C15H10FN3. The van der Waals surface area contributed by atoms with E-state index in [9.17, 15) is 4.39 Å². The lowest BCUT2D eigenvalue weighted by Gasteiger charge is -2.08. The van der Waals surface area contributed by atoms with Crippen molar-refractivity contribution in [2.75, 3.05) is 5.32 Å². The molecule has 92 valence electrons. The molecule has 0 unspecified atom stereocenters. The van der Waals surface area contributed by atoms with Crippen LogP contribution < -0.4 is 5.32 Å². The van der Waals surface area contributed by atoms with E-state index in [1.165, 1.54) is 12.1 Å². The highest BCUT2D eigenvalue weighted by molar-refractivity contribution is 5.51. The fraction of sp³-hybridized carbons (Fsp3) is 0.0667. The smallest absolute Gasteiger partial charge is 0.141 e. The van der Waals surface area contributed by atoms with E-state index in [0.29, 0.717) is 17.8 Å². The molecule has 2 aromatic carbocycles. The molecule has 2 aromatic rings. The van der Waals surface area contributed by atoms with Crippen molar-refractivity contribution in [1.82, 2.24) is 0 Å². The molecule has 2 rings (SSSR count). The Bertz CT molecular complexity index is 681. The van der Waals surface area contributed by atoms with Crippen LogP contribution in [0.2, 0.25) is 0 Å². The predicted octanol–water partition coefficient (Wildman–Crippen LogP) is 3.18. The molecule has 0 aliphatic rings. The summed E-state index contributed by atoms with van der Waals surface area (Å²) in [7, 11) is 0. The summed E-state index contributed by atoms with van der Waals surface area (Å²) in [5.74, 6) is -0.537. The lowest BCUT2D eigenvalue weighted by atomic mass is 10.1. The van der Waals surface area contributed by atoms with Crippen LogP contribution in [0.3, 0.4) is 0 Å². The summed E-state index contributed by atoms with van der Waals surface area (Å²) in [6.07, 6.45) is 0. The van der Waals surface area contributed by atoms with Crippen LogP contribution in [-0.4, -0.2) is 0 Å². The molecular weight excluding hydrogens is 241 g/mol. The van der Waals surface area contributed by atoms with E-state index in [0.717, 1.165) is 5.56 Å². The molecule has 3 nitrogen and oxygen atoms in total. The maximum Gasteiger partial charge on any atom is 0.141 e. The number of nitriles is 2. The highest BCUT2D eigenvalue weighted by Crippen LogP contribution is 2.16. The molecule has 0 saturated heterocycles. The van der Waals surface area contributed by atoms with Crippen LogP contribution in [0, 0.1) is 28.5 Å². The van der Waals surface area contributed by atoms with Crippen molar-refractivity contribution in [2.24, 2.45) is 0 Å². The van der Waals surface area contributed by atoms with Crippen molar-refractivity contribution in [2.45, 2.75) is 6.54 Å². The normalized spacial score (nSPS) is 9.42. The molecule has 19 heavy (non-hydrogen) atoms. The first-order chi connectivity index (χ1) is 9.24. The van der Waals surface area contributed by atoms with Gasteiger partial charge in [-0.2, -0.15) is 10.5 Å². The molecule has 0 saturated carbocycles. The van der Waals surface area contributed by atoms with Gasteiger partial charge in [-0.15, -0.1) is 0 Å². The minimum absolute atomic E-state index is 0.00133. The van der Waals surface area contributed by atoms with Gasteiger partial charge in [-0.1, -0.05) is 18.2 Å². The Balaban J connectivity index is 2.16. The molecule has 0 bridgehead atoms. The highest BCUT2D eigenvalue weighted by atomic mass is 19.1. The largest absolute Gasteiger partial charge is 0.381 e. The van der Waals surface area contributed by atoms with Gasteiger partial charge < -0.3 is 5.32 Å². The number of rotatable bonds is 3. The molecule has 0 fully saturated rings. The van der Waals surface area contributed by atoms with Gasteiger partial charge >= 0.3 is 0 Å². The van der Waals surface area contributed by atoms with Crippen LogP contribution >= 0.6 is 0 Å². The van der Waals surface area contributed by atoms with Crippen molar-refractivity contribution < 1.29 is 4.39 Å². The predicted molar refractivity (Wildman–Crippen MR) is 69.6 cm³/mol. The first-order valence-corrected chi connectivity index (χ1v) is 5.66. The third-order valence-electron chi connectivity index (χ3n) is 2.71. The molecule has 1 N–H and O–H groups in total. The van der Waals surface area contributed by atoms with Gasteiger partial charge in [-0.05, 0) is 29.8 Å². The zero-order valence-electron chi connectivity index (χ0n) is 10.0. The minimum Gasteiger partial charge on any atom is -0.381 e. The van der Waals surface area contributed by atoms with E-state index in [1.807, 2.05) is 12.1 Å². The molecule has 0 radical (unpaired) electrons. The van der Waals surface area contributed by atoms with Crippen molar-refractivity contribution in [3.05, 3.63) is 65.0 Å². The van der Waals surface area contributed by atoms with Gasteiger partial charge in [-0.25, -0.2) is 4.39 Å². The third-order valence-corrected chi connectivity index (χ3v) is 2.71. The first kappa shape index (κ1) is 12.6. The topological polar surface area (TPSA) is 59.6 Å². The Hall–Kier alpha value is -2.85. The zero-order chi connectivity index (χ0) is 13.7. The van der Waals surface area contributed by atoms with Gasteiger partial charge in [0.15, 0.2) is 0 Å². The fourth-order valence-electron chi connectivity index (χ4n) is 1.70. The second-order valence-corrected chi connectivity index (χ2v) is 3.93. The summed E-state index contributed by atoms with van der Waals surface area (Å²) in [5.41, 5.74) is 2.09. The summed E-state index contributed by atoms with van der Waals surface area (Å²) >= 11 is 0. The van der Waals surface area contributed by atoms with Crippen molar-refractivity contribution in [3.63, 3.8) is 0 Å². The number of halogens is 1. The number of hydrogen-bond donors (Lipinski definition) is 1. The summed E-state index contributed by atoms with van der Waals surface area (Å²) in [6.45, 7) is 0.445. The summed E-state index contributed by atoms with van der Waals surface area (Å²) in [4.78, 5) is 0. The first-order valence-electron chi connectivity index (χ1n) is 5.66. The molecule has 0 aromatic heterocycles. The molecule has 0 spiro atoms. The number of nitrogens with one attached hydrogen (secondary N) is 1. The van der Waals surface area contributed by atoms with Crippen molar-refractivity contribution in [1.29, 1.82) is 10.5 Å². The van der Waals surface area contributed by atoms with E-state index in [-0.39, 0.29) is 5.56 Å². The minimum atomic E-state index is -0.537. The Labute approximate surface area is 110 Å². The Kier molecular flexibility index (Phi) is 3.75. The van der Waals surface area contributed by atoms with Gasteiger partial charge in [0.2, 0.25) is 0 Å². The van der Waals surface area contributed by atoms with E-state index >= 15 is 0 Å². The number of benzene rings is 2. The van der Waals surface area contributed by atoms with Gasteiger partial charge in [0.05, 0.1) is 17.2 Å². The standard InChI is InChI=1S/C15H10FN3/c16-15-6-5-14(7-13(15)9-18)19-10-12-4-2-1-3-11(12)8-17/h1-7,19H,10H2. The summed E-state index contributed by atoms with van der Waals surface area (Å²) < 4.78 is 13.2. The second kappa shape index (κ2) is 5.66. The monoisotopic (exact) mass is 251 g/mol. The molecule has 0 amide bonds. The SMILES string of the molecule is N#Cc1cc(NCc2ccccc2C#N)ccc1F. The summed E-state index contributed by atoms with van der Waals surface area (Å²) in [6, 6.07) is 15.4. The molecule has 0 atom stereocenters. The van der Waals surface area contributed by atoms with Gasteiger partial charge in [0.1, 0.15) is 11.9 Å². The lowest BCUT2D eigenvalue weighted by molar-refractivity contribution is 0.624. The van der Waals surface area contributed by atoms with Gasteiger partial charge in [-0.3, -0.25) is 0 Å². The lowest BCUT2D eigenvalue weighted by Crippen LogP contribution is -2.02. The Morgan fingerprint density at radius 2 is 1.74 bits per heavy atom. The maximum atomic E-state index is 13.2. The van der Waals surface area contributed by atoms with Crippen molar-refractivity contribution >= 4 is 5.69 Å². The van der Waals surface area contributed by atoms with E-state index < -0.39 is 5.82 Å². The van der Waals surface area contributed by atoms with Crippen LogP contribution in [0.5, 0.6) is 0 Å². The van der Waals surface area contributed by atoms with Crippen LogP contribution in [0.1, 0.15) is 16.7 Å². The second-order valence-electron chi connectivity index (χ2n) is 3.93. The van der Waals surface area contributed by atoms with Crippen LogP contribution in [0.15, 0.2) is 42.5 Å². The van der Waals surface area contributed by atoms with Crippen LogP contribution in [-0.2, 0) is 6.54 Å². The summed E-state index contributed by atoms with van der Waals surface area (Å²) in [5, 5.41) is 20.8. The highest BCUT2D eigenvalue weighted by Gasteiger charge is 2.04. The fourth-order valence-corrected chi connectivity index (χ4v) is 1.70. The number of anilines is 1. The molecule has 0 aliphatic heterocycles. The molecule has 0 heterocycles. The number of hydrogen-bond acceptors (Lipinski definition) is 3. The average Bonchev–Trinajstić information content (AvgIpc) is 2.46. The average molecular weight is 251 g/mol. The van der Waals surface area contributed by atoms with Gasteiger partial charge in [0, 0.05) is 12.2 Å². The van der Waals surface area contributed by atoms with Crippen molar-refractivity contribution in [3.8, 4) is 12.1 Å². The maximum absolute atomic E-state index is 13.2. The zero-order valence-corrected chi connectivity index (χ0v) is 10.0. The quantitative estimate of drug-likeness (QED) is 0.911. The van der Waals surface area contributed by atoms with Crippen LogP contribution in [0.25, 0.3) is 0 Å². The molecule has 0 aliphatic carbocycles. The van der Waals surface area contributed by atoms with Crippen LogP contribution in [0.4, 0.5) is 10.1 Å². The van der Waals surface area contributed by atoms with E-state index in [2.05, 4.69) is 11.4 Å². The number of nitrogens with zero attached hydrogens (tertiary/aromatic N) is 2. The Morgan fingerprint density at radius 3 is 2.47 bits per heavy atom.